The van der Waals surface area contributed by atoms with Gasteiger partial charge in [-0.15, -0.1) is 0 Å². The normalized spacial score (nSPS) is 24.6. The predicted molar refractivity (Wildman–Crippen MR) is 87.0 cm³/mol. The Morgan fingerprint density at radius 3 is 2.50 bits per heavy atom. The average molecular weight is 274 g/mol. The lowest BCUT2D eigenvalue weighted by molar-refractivity contribution is 0.0700. The number of hydrogen-bond donors (Lipinski definition) is 1. The molecule has 0 aromatic heterocycles. The third-order valence-corrected chi connectivity index (χ3v) is 5.18. The quantitative estimate of drug-likeness (QED) is 0.905. The smallest absolute Gasteiger partial charge is 0.0478 e. The van der Waals surface area contributed by atoms with E-state index < -0.39 is 0 Å². The maximum Gasteiger partial charge on any atom is 0.0478 e. The van der Waals surface area contributed by atoms with Crippen LogP contribution in [0.5, 0.6) is 0 Å². The van der Waals surface area contributed by atoms with E-state index in [2.05, 4.69) is 76.3 Å². The molecule has 1 aliphatic rings. The Morgan fingerprint density at radius 1 is 1.25 bits per heavy atom. The Hall–Kier alpha value is -0.860. The van der Waals surface area contributed by atoms with Crippen molar-refractivity contribution in [3.63, 3.8) is 0 Å². The summed E-state index contributed by atoms with van der Waals surface area (Å²) in [5, 5.41) is 3.56. The van der Waals surface area contributed by atoms with Gasteiger partial charge in [0.25, 0.3) is 0 Å². The van der Waals surface area contributed by atoms with Crippen LogP contribution < -0.4 is 5.32 Å². The van der Waals surface area contributed by atoms with Crippen LogP contribution in [0.15, 0.2) is 24.3 Å². The molecule has 1 aromatic carbocycles. The molecule has 0 amide bonds. The first-order chi connectivity index (χ1) is 9.36. The van der Waals surface area contributed by atoms with Gasteiger partial charge >= 0.3 is 0 Å². The molecule has 0 saturated carbocycles. The zero-order valence-corrected chi connectivity index (χ0v) is 13.9. The van der Waals surface area contributed by atoms with Crippen LogP contribution >= 0.6 is 0 Å². The topological polar surface area (TPSA) is 15.3 Å². The highest BCUT2D eigenvalue weighted by Crippen LogP contribution is 2.35. The summed E-state index contributed by atoms with van der Waals surface area (Å²) >= 11 is 0. The molecule has 112 valence electrons. The van der Waals surface area contributed by atoms with Gasteiger partial charge in [0.2, 0.25) is 0 Å². The zero-order chi connectivity index (χ0) is 14.9. The highest BCUT2D eigenvalue weighted by Gasteiger charge is 2.35. The second-order valence-corrected chi connectivity index (χ2v) is 7.28. The molecule has 3 atom stereocenters. The standard InChI is InChI=1S/C18H30N2/c1-13(18(2,3)4)20(6)16-12-11-14-9-7-8-10-15(14)17(16)19-5/h7-10,13,16-17,19H,11-12H2,1-6H3. The van der Waals surface area contributed by atoms with E-state index in [9.17, 15) is 0 Å². The molecular weight excluding hydrogens is 244 g/mol. The minimum Gasteiger partial charge on any atom is -0.312 e. The van der Waals surface area contributed by atoms with Crippen molar-refractivity contribution in [1.82, 2.24) is 10.2 Å². The maximum atomic E-state index is 3.56. The lowest BCUT2D eigenvalue weighted by Gasteiger charge is -2.45. The molecule has 1 aliphatic carbocycles. The fourth-order valence-electron chi connectivity index (χ4n) is 3.43. The van der Waals surface area contributed by atoms with Gasteiger partial charge in [-0.1, -0.05) is 45.0 Å². The highest BCUT2D eigenvalue weighted by atomic mass is 15.2. The average Bonchev–Trinajstić information content (AvgIpc) is 2.43. The van der Waals surface area contributed by atoms with Gasteiger partial charge in [0.1, 0.15) is 0 Å². The van der Waals surface area contributed by atoms with Crippen molar-refractivity contribution in [2.24, 2.45) is 5.41 Å². The van der Waals surface area contributed by atoms with E-state index >= 15 is 0 Å². The molecule has 0 heterocycles. The van der Waals surface area contributed by atoms with Crippen molar-refractivity contribution in [2.75, 3.05) is 14.1 Å². The summed E-state index contributed by atoms with van der Waals surface area (Å²) in [7, 11) is 4.38. The van der Waals surface area contributed by atoms with E-state index in [1.54, 1.807) is 0 Å². The van der Waals surface area contributed by atoms with Crippen LogP contribution in [-0.2, 0) is 6.42 Å². The lowest BCUT2D eigenvalue weighted by Crippen LogP contribution is -2.51. The van der Waals surface area contributed by atoms with Gasteiger partial charge in [0.15, 0.2) is 0 Å². The summed E-state index contributed by atoms with van der Waals surface area (Å²) in [4.78, 5) is 2.58. The number of fused-ring (bicyclic) bond motifs is 1. The highest BCUT2D eigenvalue weighted by molar-refractivity contribution is 5.34. The number of nitrogens with one attached hydrogen (secondary N) is 1. The number of hydrogen-bond acceptors (Lipinski definition) is 2. The van der Waals surface area contributed by atoms with Crippen molar-refractivity contribution in [3.8, 4) is 0 Å². The molecular formula is C18H30N2. The summed E-state index contributed by atoms with van der Waals surface area (Å²) in [6.45, 7) is 9.35. The van der Waals surface area contributed by atoms with Crippen molar-refractivity contribution in [2.45, 2.75) is 58.7 Å². The van der Waals surface area contributed by atoms with Gasteiger partial charge in [-0.2, -0.15) is 0 Å². The Balaban J connectivity index is 2.26. The Kier molecular flexibility index (Phi) is 4.55. The molecule has 1 N–H and O–H groups in total. The SMILES string of the molecule is CNC1c2ccccc2CCC1N(C)C(C)C(C)(C)C. The molecule has 0 aliphatic heterocycles. The molecule has 2 heteroatoms. The summed E-state index contributed by atoms with van der Waals surface area (Å²) in [5.41, 5.74) is 3.31. The summed E-state index contributed by atoms with van der Waals surface area (Å²) in [5.74, 6) is 0. The van der Waals surface area contributed by atoms with Gasteiger partial charge in [0.05, 0.1) is 0 Å². The molecule has 0 spiro atoms. The minimum atomic E-state index is 0.310. The van der Waals surface area contributed by atoms with Crippen molar-refractivity contribution >= 4 is 0 Å². The van der Waals surface area contributed by atoms with Crippen LogP contribution in [0.3, 0.4) is 0 Å². The molecule has 0 bridgehead atoms. The zero-order valence-electron chi connectivity index (χ0n) is 13.9. The number of benzene rings is 1. The fourth-order valence-corrected chi connectivity index (χ4v) is 3.43. The van der Waals surface area contributed by atoms with Crippen molar-refractivity contribution < 1.29 is 0 Å². The third kappa shape index (κ3) is 2.91. The van der Waals surface area contributed by atoms with Crippen molar-refractivity contribution in [3.05, 3.63) is 35.4 Å². The van der Waals surface area contributed by atoms with E-state index in [0.717, 1.165) is 0 Å². The molecule has 2 rings (SSSR count). The largest absolute Gasteiger partial charge is 0.312 e. The van der Waals surface area contributed by atoms with Gasteiger partial charge in [-0.25, -0.2) is 0 Å². The number of likely N-dealkylation sites (N-methyl/N-ethyl adjacent to an activating group) is 2. The number of rotatable bonds is 3. The molecule has 1 aromatic rings. The number of aryl methyl sites for hydroxylation is 1. The first-order valence-electron chi connectivity index (χ1n) is 7.83. The Morgan fingerprint density at radius 2 is 1.90 bits per heavy atom. The first kappa shape index (κ1) is 15.5. The monoisotopic (exact) mass is 274 g/mol. The van der Waals surface area contributed by atoms with E-state index in [0.29, 0.717) is 23.5 Å². The second kappa shape index (κ2) is 5.87. The second-order valence-electron chi connectivity index (χ2n) is 7.28. The number of nitrogens with zero attached hydrogens (tertiary/aromatic N) is 1. The maximum absolute atomic E-state index is 3.56. The first-order valence-corrected chi connectivity index (χ1v) is 7.83. The van der Waals surface area contributed by atoms with E-state index in [4.69, 9.17) is 0 Å². The minimum absolute atomic E-state index is 0.310. The van der Waals surface area contributed by atoms with Crippen LogP contribution in [0.4, 0.5) is 0 Å². The molecule has 20 heavy (non-hydrogen) atoms. The van der Waals surface area contributed by atoms with Crippen molar-refractivity contribution in [1.29, 1.82) is 0 Å². The van der Waals surface area contributed by atoms with E-state index in [-0.39, 0.29) is 0 Å². The van der Waals surface area contributed by atoms with E-state index in [1.807, 2.05) is 0 Å². The lowest BCUT2D eigenvalue weighted by atomic mass is 9.80. The summed E-state index contributed by atoms with van der Waals surface area (Å²) < 4.78 is 0. The van der Waals surface area contributed by atoms with Gasteiger partial charge in [-0.3, -0.25) is 4.90 Å². The van der Waals surface area contributed by atoms with Crippen LogP contribution in [-0.4, -0.2) is 31.1 Å². The van der Waals surface area contributed by atoms with Crippen LogP contribution in [0, 0.1) is 5.41 Å². The van der Waals surface area contributed by atoms with Crippen LogP contribution in [0.25, 0.3) is 0 Å². The van der Waals surface area contributed by atoms with E-state index in [1.165, 1.54) is 24.0 Å². The Bertz CT molecular complexity index is 447. The molecule has 0 radical (unpaired) electrons. The predicted octanol–water partition coefficient (Wildman–Crippen LogP) is 3.63. The fraction of sp³-hybridized carbons (Fsp3) is 0.667. The van der Waals surface area contributed by atoms with Crippen LogP contribution in [0.2, 0.25) is 0 Å². The summed E-state index contributed by atoms with van der Waals surface area (Å²) in [6, 6.07) is 10.5. The third-order valence-electron chi connectivity index (χ3n) is 5.18. The van der Waals surface area contributed by atoms with Gasteiger partial charge in [-0.05, 0) is 50.4 Å². The van der Waals surface area contributed by atoms with Gasteiger partial charge in [0, 0.05) is 18.1 Å². The molecule has 3 unspecified atom stereocenters. The Labute approximate surface area is 124 Å². The van der Waals surface area contributed by atoms with Crippen LogP contribution in [0.1, 0.15) is 51.3 Å². The molecule has 0 saturated heterocycles. The molecule has 0 fully saturated rings. The molecule has 2 nitrogen and oxygen atoms in total. The van der Waals surface area contributed by atoms with Gasteiger partial charge < -0.3 is 5.32 Å². The summed E-state index contributed by atoms with van der Waals surface area (Å²) in [6.07, 6.45) is 2.43.